The number of nitrogens with two attached hydrogens (primary N) is 1. The van der Waals surface area contributed by atoms with Crippen molar-refractivity contribution in [1.82, 2.24) is 0 Å². The molecule has 0 aromatic heterocycles. The predicted molar refractivity (Wildman–Crippen MR) is 63.5 cm³/mol. The minimum absolute atomic E-state index is 0.560. The molecule has 2 rings (SSSR count). The lowest BCUT2D eigenvalue weighted by Crippen LogP contribution is -2.10. The summed E-state index contributed by atoms with van der Waals surface area (Å²) >= 11 is 0. The second kappa shape index (κ2) is 4.33. The molecule has 0 aliphatic heterocycles. The molecule has 0 aliphatic rings. The van der Waals surface area contributed by atoms with Gasteiger partial charge in [-0.2, -0.15) is 0 Å². The summed E-state index contributed by atoms with van der Waals surface area (Å²) < 4.78 is 5.15. The summed E-state index contributed by atoms with van der Waals surface area (Å²) in [5.41, 5.74) is 6.47. The molecular formula is C13H13NO2. The number of carbonyl (C=O) groups is 1. The first-order valence-electron chi connectivity index (χ1n) is 5.03. The van der Waals surface area contributed by atoms with Gasteiger partial charge in [-0.05, 0) is 34.5 Å². The third-order valence-corrected chi connectivity index (χ3v) is 2.60. The van der Waals surface area contributed by atoms with E-state index in [2.05, 4.69) is 0 Å². The zero-order valence-electron chi connectivity index (χ0n) is 9.01. The Bertz CT molecular complexity index is 522. The van der Waals surface area contributed by atoms with Crippen molar-refractivity contribution < 1.29 is 9.53 Å². The fourth-order valence-electron chi connectivity index (χ4n) is 1.66. The van der Waals surface area contributed by atoms with Crippen molar-refractivity contribution in [3.63, 3.8) is 0 Å². The highest BCUT2D eigenvalue weighted by Crippen LogP contribution is 2.23. The highest BCUT2D eigenvalue weighted by atomic mass is 16.5. The van der Waals surface area contributed by atoms with E-state index in [4.69, 9.17) is 10.5 Å². The maximum absolute atomic E-state index is 10.6. The van der Waals surface area contributed by atoms with Crippen LogP contribution in [0.5, 0.6) is 5.75 Å². The van der Waals surface area contributed by atoms with Crippen LogP contribution in [0.15, 0.2) is 36.4 Å². The van der Waals surface area contributed by atoms with E-state index in [9.17, 15) is 4.79 Å². The van der Waals surface area contributed by atoms with Crippen LogP contribution in [-0.2, 0) is 4.79 Å². The molecule has 0 aliphatic carbocycles. The van der Waals surface area contributed by atoms with E-state index in [-0.39, 0.29) is 0 Å². The third-order valence-electron chi connectivity index (χ3n) is 2.60. The van der Waals surface area contributed by atoms with Crippen molar-refractivity contribution in [2.75, 3.05) is 7.11 Å². The molecule has 16 heavy (non-hydrogen) atoms. The third kappa shape index (κ3) is 1.90. The fraction of sp³-hybridized carbons (Fsp3) is 0.154. The Labute approximate surface area is 93.8 Å². The standard InChI is InChI=1S/C13H13NO2/c1-16-12-5-4-9-2-3-10(13(14)8-15)6-11(9)7-12/h2-8,13H,14H2,1H3/t13-/m0/s1. The van der Waals surface area contributed by atoms with Crippen LogP contribution in [0.25, 0.3) is 10.8 Å². The van der Waals surface area contributed by atoms with Crippen molar-refractivity contribution in [2.24, 2.45) is 5.73 Å². The molecule has 2 aromatic carbocycles. The number of ether oxygens (including phenoxy) is 1. The van der Waals surface area contributed by atoms with Gasteiger partial charge < -0.3 is 15.3 Å². The van der Waals surface area contributed by atoms with Crippen molar-refractivity contribution in [3.05, 3.63) is 42.0 Å². The largest absolute Gasteiger partial charge is 0.497 e. The van der Waals surface area contributed by atoms with E-state index < -0.39 is 6.04 Å². The molecule has 0 spiro atoms. The van der Waals surface area contributed by atoms with E-state index >= 15 is 0 Å². The molecule has 1 atom stereocenters. The molecule has 0 fully saturated rings. The lowest BCUT2D eigenvalue weighted by Gasteiger charge is -2.07. The Morgan fingerprint density at radius 2 is 1.94 bits per heavy atom. The van der Waals surface area contributed by atoms with E-state index in [1.807, 2.05) is 36.4 Å². The Balaban J connectivity index is 2.54. The zero-order chi connectivity index (χ0) is 11.5. The van der Waals surface area contributed by atoms with E-state index in [1.54, 1.807) is 7.11 Å². The van der Waals surface area contributed by atoms with Gasteiger partial charge in [-0.15, -0.1) is 0 Å². The van der Waals surface area contributed by atoms with Gasteiger partial charge in [-0.25, -0.2) is 0 Å². The van der Waals surface area contributed by atoms with E-state index in [1.165, 1.54) is 0 Å². The van der Waals surface area contributed by atoms with Crippen LogP contribution < -0.4 is 10.5 Å². The Morgan fingerprint density at radius 1 is 1.19 bits per heavy atom. The zero-order valence-corrected chi connectivity index (χ0v) is 9.01. The first-order valence-corrected chi connectivity index (χ1v) is 5.03. The van der Waals surface area contributed by atoms with E-state index in [0.717, 1.165) is 28.4 Å². The summed E-state index contributed by atoms with van der Waals surface area (Å²) in [5, 5.41) is 2.12. The van der Waals surface area contributed by atoms with Gasteiger partial charge in [0.15, 0.2) is 0 Å². The number of hydrogen-bond acceptors (Lipinski definition) is 3. The van der Waals surface area contributed by atoms with Crippen molar-refractivity contribution in [1.29, 1.82) is 0 Å². The lowest BCUT2D eigenvalue weighted by molar-refractivity contribution is -0.109. The summed E-state index contributed by atoms with van der Waals surface area (Å²) in [6.07, 6.45) is 0.737. The predicted octanol–water partition coefficient (Wildman–Crippen LogP) is 2.05. The van der Waals surface area contributed by atoms with Crippen LogP contribution in [0.3, 0.4) is 0 Å². The van der Waals surface area contributed by atoms with Gasteiger partial charge in [0.1, 0.15) is 12.0 Å². The van der Waals surface area contributed by atoms with Crippen molar-refractivity contribution in [2.45, 2.75) is 6.04 Å². The van der Waals surface area contributed by atoms with Crippen molar-refractivity contribution in [3.8, 4) is 5.75 Å². The van der Waals surface area contributed by atoms with Gasteiger partial charge in [0.25, 0.3) is 0 Å². The molecule has 0 saturated carbocycles. The summed E-state index contributed by atoms with van der Waals surface area (Å²) in [7, 11) is 1.63. The molecule has 3 nitrogen and oxygen atoms in total. The van der Waals surface area contributed by atoms with Gasteiger partial charge in [0.05, 0.1) is 13.2 Å². The molecule has 0 bridgehead atoms. The molecule has 0 unspecified atom stereocenters. The average Bonchev–Trinajstić information content (AvgIpc) is 2.36. The summed E-state index contributed by atoms with van der Waals surface area (Å²) in [6.45, 7) is 0. The molecule has 0 amide bonds. The van der Waals surface area contributed by atoms with Gasteiger partial charge in [-0.3, -0.25) is 0 Å². The smallest absolute Gasteiger partial charge is 0.141 e. The number of aldehydes is 1. The first-order chi connectivity index (χ1) is 7.74. The minimum Gasteiger partial charge on any atom is -0.497 e. The summed E-state index contributed by atoms with van der Waals surface area (Å²) in [5.74, 6) is 0.796. The summed E-state index contributed by atoms with van der Waals surface area (Å²) in [6, 6.07) is 11.0. The van der Waals surface area contributed by atoms with Gasteiger partial charge in [0, 0.05) is 0 Å². The quantitative estimate of drug-likeness (QED) is 0.797. The maximum Gasteiger partial charge on any atom is 0.141 e. The minimum atomic E-state index is -0.560. The van der Waals surface area contributed by atoms with Crippen molar-refractivity contribution >= 4 is 17.1 Å². The number of fused-ring (bicyclic) bond motifs is 1. The number of rotatable bonds is 3. The van der Waals surface area contributed by atoms with Crippen LogP contribution in [0.2, 0.25) is 0 Å². The number of carbonyl (C=O) groups excluding carboxylic acids is 1. The topological polar surface area (TPSA) is 52.3 Å². The number of benzene rings is 2. The molecule has 2 aromatic rings. The molecule has 0 heterocycles. The normalized spacial score (nSPS) is 12.4. The van der Waals surface area contributed by atoms with Crippen LogP contribution in [0, 0.1) is 0 Å². The van der Waals surface area contributed by atoms with Gasteiger partial charge >= 0.3 is 0 Å². The summed E-state index contributed by atoms with van der Waals surface area (Å²) in [4.78, 5) is 10.6. The molecule has 2 N–H and O–H groups in total. The first kappa shape index (κ1) is 10.6. The maximum atomic E-state index is 10.6. The highest BCUT2D eigenvalue weighted by Gasteiger charge is 2.05. The van der Waals surface area contributed by atoms with Crippen LogP contribution in [-0.4, -0.2) is 13.4 Å². The fourth-order valence-corrected chi connectivity index (χ4v) is 1.66. The Hall–Kier alpha value is -1.87. The average molecular weight is 215 g/mol. The monoisotopic (exact) mass is 215 g/mol. The number of hydrogen-bond donors (Lipinski definition) is 1. The second-order valence-corrected chi connectivity index (χ2v) is 3.63. The molecule has 82 valence electrons. The molecule has 3 heteroatoms. The Morgan fingerprint density at radius 3 is 2.62 bits per heavy atom. The second-order valence-electron chi connectivity index (χ2n) is 3.63. The Kier molecular flexibility index (Phi) is 2.88. The molecule has 0 saturated heterocycles. The van der Waals surface area contributed by atoms with Crippen LogP contribution >= 0.6 is 0 Å². The SMILES string of the molecule is COc1ccc2ccc([C@@H](N)C=O)cc2c1. The van der Waals surface area contributed by atoms with E-state index in [0.29, 0.717) is 0 Å². The molecule has 0 radical (unpaired) electrons. The van der Waals surface area contributed by atoms with Gasteiger partial charge in [-0.1, -0.05) is 18.2 Å². The number of methoxy groups -OCH3 is 1. The molecular weight excluding hydrogens is 202 g/mol. The van der Waals surface area contributed by atoms with Crippen LogP contribution in [0.4, 0.5) is 0 Å². The highest BCUT2D eigenvalue weighted by molar-refractivity contribution is 5.85. The lowest BCUT2D eigenvalue weighted by atomic mass is 10.0. The van der Waals surface area contributed by atoms with Gasteiger partial charge in [0.2, 0.25) is 0 Å². The van der Waals surface area contributed by atoms with Crippen LogP contribution in [0.1, 0.15) is 11.6 Å².